The van der Waals surface area contributed by atoms with Crippen molar-refractivity contribution in [3.8, 4) is 0 Å². The van der Waals surface area contributed by atoms with E-state index in [-0.39, 0.29) is 5.41 Å². The van der Waals surface area contributed by atoms with E-state index in [2.05, 4.69) is 34.6 Å². The number of hydrogen-bond donors (Lipinski definition) is 2. The average Bonchev–Trinajstić information content (AvgIpc) is 3.01. The Morgan fingerprint density at radius 3 is 2.34 bits per heavy atom. The molecular weight excluding hydrogens is 356 g/mol. The predicted molar refractivity (Wildman–Crippen MR) is 121 cm³/mol. The molecule has 0 aromatic rings. The summed E-state index contributed by atoms with van der Waals surface area (Å²) in [5, 5.41) is 22.3. The van der Waals surface area contributed by atoms with E-state index in [1.165, 1.54) is 44.9 Å². The van der Waals surface area contributed by atoms with Crippen molar-refractivity contribution >= 4 is 0 Å². The molecular formula is C27H48O2. The van der Waals surface area contributed by atoms with E-state index in [0.29, 0.717) is 11.3 Å². The van der Waals surface area contributed by atoms with Crippen LogP contribution in [0.2, 0.25) is 0 Å². The van der Waals surface area contributed by atoms with Crippen LogP contribution in [-0.4, -0.2) is 21.9 Å². The molecule has 4 fully saturated rings. The molecule has 0 saturated heterocycles. The maximum absolute atomic E-state index is 11.6. The molecule has 0 amide bonds. The quantitative estimate of drug-likeness (QED) is 0.543. The Labute approximate surface area is 180 Å². The Balaban J connectivity index is 1.51. The Kier molecular flexibility index (Phi) is 5.95. The van der Waals surface area contributed by atoms with Crippen molar-refractivity contribution in [3.63, 3.8) is 0 Å². The first kappa shape index (κ1) is 22.1. The van der Waals surface area contributed by atoms with Crippen LogP contribution in [0.15, 0.2) is 0 Å². The fraction of sp³-hybridized carbons (Fsp3) is 1.00. The van der Waals surface area contributed by atoms with Crippen LogP contribution >= 0.6 is 0 Å². The zero-order chi connectivity index (χ0) is 21.0. The van der Waals surface area contributed by atoms with Gasteiger partial charge in [0.05, 0.1) is 11.7 Å². The van der Waals surface area contributed by atoms with Gasteiger partial charge in [-0.2, -0.15) is 0 Å². The molecule has 4 rings (SSSR count). The molecule has 0 radical (unpaired) electrons. The van der Waals surface area contributed by atoms with Gasteiger partial charge < -0.3 is 10.2 Å². The van der Waals surface area contributed by atoms with Gasteiger partial charge in [0.25, 0.3) is 0 Å². The van der Waals surface area contributed by atoms with Gasteiger partial charge >= 0.3 is 0 Å². The molecule has 0 aromatic heterocycles. The monoisotopic (exact) mass is 404 g/mol. The van der Waals surface area contributed by atoms with Gasteiger partial charge in [0.15, 0.2) is 0 Å². The number of fused-ring (bicyclic) bond motifs is 5. The fourth-order valence-electron chi connectivity index (χ4n) is 9.35. The number of aliphatic hydroxyl groups is 2. The smallest absolute Gasteiger partial charge is 0.0961 e. The fourth-order valence-corrected chi connectivity index (χ4v) is 9.35. The molecule has 2 nitrogen and oxygen atoms in total. The molecule has 4 saturated carbocycles. The third-order valence-electron chi connectivity index (χ3n) is 11.0. The normalized spacial score (nSPS) is 50.7. The summed E-state index contributed by atoms with van der Waals surface area (Å²) >= 11 is 0. The highest BCUT2D eigenvalue weighted by atomic mass is 16.3. The number of hydrogen-bond acceptors (Lipinski definition) is 2. The van der Waals surface area contributed by atoms with Gasteiger partial charge in [-0.1, -0.05) is 60.3 Å². The minimum atomic E-state index is -0.831. The molecule has 4 aliphatic carbocycles. The molecule has 0 aliphatic heterocycles. The average molecular weight is 405 g/mol. The van der Waals surface area contributed by atoms with E-state index < -0.39 is 11.7 Å². The van der Waals surface area contributed by atoms with Gasteiger partial charge in [0.1, 0.15) is 0 Å². The summed E-state index contributed by atoms with van der Waals surface area (Å²) in [6.07, 6.45) is 14.1. The molecule has 0 unspecified atom stereocenters. The highest BCUT2D eigenvalue weighted by molar-refractivity contribution is 5.15. The van der Waals surface area contributed by atoms with Crippen LogP contribution < -0.4 is 0 Å². The topological polar surface area (TPSA) is 40.5 Å². The van der Waals surface area contributed by atoms with Crippen LogP contribution in [-0.2, 0) is 0 Å². The maximum atomic E-state index is 11.6. The third kappa shape index (κ3) is 3.34. The highest BCUT2D eigenvalue weighted by Crippen LogP contribution is 2.69. The summed E-state index contributed by atoms with van der Waals surface area (Å²) in [6.45, 7) is 12.2. The molecule has 0 aromatic carbocycles. The van der Waals surface area contributed by atoms with Crippen LogP contribution in [0.5, 0.6) is 0 Å². The molecule has 2 N–H and O–H groups in total. The Bertz CT molecular complexity index is 587. The lowest BCUT2D eigenvalue weighted by Gasteiger charge is -2.64. The predicted octanol–water partition coefficient (Wildman–Crippen LogP) is 6.58. The Morgan fingerprint density at radius 2 is 1.62 bits per heavy atom. The lowest BCUT2D eigenvalue weighted by atomic mass is 9.42. The second kappa shape index (κ2) is 7.80. The van der Waals surface area contributed by atoms with Gasteiger partial charge in [-0.05, 0) is 92.3 Å². The summed E-state index contributed by atoms with van der Waals surface area (Å²) < 4.78 is 0. The van der Waals surface area contributed by atoms with E-state index >= 15 is 0 Å². The SMILES string of the molecule is CC(C)CCC[C@@H](C)[C@@H]1CC[C@@H]2[C@@H]3CC[C@@]4(O)[C@H](O)CCC[C@]4(C)[C@@H]3CC[C@]21C. The minimum absolute atomic E-state index is 0.0735. The van der Waals surface area contributed by atoms with Crippen molar-refractivity contribution in [3.05, 3.63) is 0 Å². The summed E-state index contributed by atoms with van der Waals surface area (Å²) in [7, 11) is 0. The Morgan fingerprint density at radius 1 is 0.862 bits per heavy atom. The van der Waals surface area contributed by atoms with Gasteiger partial charge in [0.2, 0.25) is 0 Å². The largest absolute Gasteiger partial charge is 0.390 e. The van der Waals surface area contributed by atoms with Crippen LogP contribution in [0.3, 0.4) is 0 Å². The van der Waals surface area contributed by atoms with Crippen molar-refractivity contribution in [1.82, 2.24) is 0 Å². The van der Waals surface area contributed by atoms with Crippen molar-refractivity contribution in [2.75, 3.05) is 0 Å². The van der Waals surface area contributed by atoms with Crippen molar-refractivity contribution in [2.24, 2.45) is 46.3 Å². The Hall–Kier alpha value is -0.0800. The molecule has 4 aliphatic rings. The summed E-state index contributed by atoms with van der Waals surface area (Å²) in [5.41, 5.74) is -0.393. The molecule has 168 valence electrons. The van der Waals surface area contributed by atoms with Crippen LogP contribution in [0.1, 0.15) is 112 Å². The summed E-state index contributed by atoms with van der Waals surface area (Å²) in [6, 6.07) is 0. The van der Waals surface area contributed by atoms with E-state index in [9.17, 15) is 10.2 Å². The maximum Gasteiger partial charge on any atom is 0.0961 e. The van der Waals surface area contributed by atoms with Gasteiger partial charge in [-0.3, -0.25) is 0 Å². The van der Waals surface area contributed by atoms with Crippen molar-refractivity contribution < 1.29 is 10.2 Å². The van der Waals surface area contributed by atoms with Crippen molar-refractivity contribution in [2.45, 2.75) is 123 Å². The zero-order valence-electron chi connectivity index (χ0n) is 19.9. The van der Waals surface area contributed by atoms with Crippen LogP contribution in [0, 0.1) is 46.3 Å². The molecule has 0 bridgehead atoms. The number of rotatable bonds is 5. The van der Waals surface area contributed by atoms with E-state index in [4.69, 9.17) is 0 Å². The minimum Gasteiger partial charge on any atom is -0.390 e. The molecule has 0 heterocycles. The second-order valence-corrected chi connectivity index (χ2v) is 12.7. The van der Waals surface area contributed by atoms with Gasteiger partial charge in [-0.25, -0.2) is 0 Å². The van der Waals surface area contributed by atoms with Crippen LogP contribution in [0.4, 0.5) is 0 Å². The van der Waals surface area contributed by atoms with Crippen LogP contribution in [0.25, 0.3) is 0 Å². The lowest BCUT2D eigenvalue weighted by Crippen LogP contribution is -2.66. The molecule has 9 atom stereocenters. The first-order valence-electron chi connectivity index (χ1n) is 13.0. The lowest BCUT2D eigenvalue weighted by molar-refractivity contribution is -0.246. The first-order valence-corrected chi connectivity index (χ1v) is 13.0. The van der Waals surface area contributed by atoms with E-state index in [0.717, 1.165) is 61.7 Å². The molecule has 0 spiro atoms. The molecule has 29 heavy (non-hydrogen) atoms. The summed E-state index contributed by atoms with van der Waals surface area (Å²) in [4.78, 5) is 0. The zero-order valence-corrected chi connectivity index (χ0v) is 19.9. The highest BCUT2D eigenvalue weighted by Gasteiger charge is 2.65. The second-order valence-electron chi connectivity index (χ2n) is 12.7. The van der Waals surface area contributed by atoms with Gasteiger partial charge in [0, 0.05) is 5.41 Å². The number of aliphatic hydroxyl groups excluding tert-OH is 1. The standard InChI is InChI=1S/C27H48O2/c1-18(2)8-6-9-19(3)21-11-12-22-20-13-17-27(29)24(28)10-7-15-26(27,5)23(20)14-16-25(21,22)4/h18-24,28-29H,6-17H2,1-5H3/t19-,20+,21+,22-,23-,24-,25+,26-,27-/m1/s1. The van der Waals surface area contributed by atoms with E-state index in [1.807, 2.05) is 0 Å². The third-order valence-corrected chi connectivity index (χ3v) is 11.0. The van der Waals surface area contributed by atoms with E-state index in [1.54, 1.807) is 0 Å². The molecule has 2 heteroatoms. The first-order chi connectivity index (χ1) is 13.6. The van der Waals surface area contributed by atoms with Crippen molar-refractivity contribution in [1.29, 1.82) is 0 Å². The summed E-state index contributed by atoms with van der Waals surface area (Å²) in [5.74, 6) is 4.82. The van der Waals surface area contributed by atoms with Gasteiger partial charge in [-0.15, -0.1) is 0 Å².